The summed E-state index contributed by atoms with van der Waals surface area (Å²) < 4.78 is 5.38. The molecule has 1 N–H and O–H groups in total. The number of hydrogen-bond donors (Lipinski definition) is 1. The standard InChI is InChI=1S/C14H23NO/c1-5-12(6-2)15-11(3)13-9-7-8-10-14(13)16-4/h7-12,15H,5-6H2,1-4H3. The minimum absolute atomic E-state index is 0.334. The molecule has 1 aromatic rings. The van der Waals surface area contributed by atoms with Crippen LogP contribution in [-0.4, -0.2) is 13.2 Å². The Balaban J connectivity index is 2.75. The van der Waals surface area contributed by atoms with Gasteiger partial charge in [0.25, 0.3) is 0 Å². The highest BCUT2D eigenvalue weighted by atomic mass is 16.5. The van der Waals surface area contributed by atoms with Gasteiger partial charge in [0.1, 0.15) is 5.75 Å². The van der Waals surface area contributed by atoms with Crippen LogP contribution < -0.4 is 10.1 Å². The summed E-state index contributed by atoms with van der Waals surface area (Å²) in [6, 6.07) is 9.12. The van der Waals surface area contributed by atoms with E-state index in [9.17, 15) is 0 Å². The van der Waals surface area contributed by atoms with Gasteiger partial charge in [-0.15, -0.1) is 0 Å². The van der Waals surface area contributed by atoms with Crippen molar-refractivity contribution in [2.75, 3.05) is 7.11 Å². The van der Waals surface area contributed by atoms with Crippen molar-refractivity contribution in [3.05, 3.63) is 29.8 Å². The molecule has 0 spiro atoms. The van der Waals surface area contributed by atoms with Gasteiger partial charge in [0.2, 0.25) is 0 Å². The molecule has 2 nitrogen and oxygen atoms in total. The van der Waals surface area contributed by atoms with Crippen LogP contribution in [0.3, 0.4) is 0 Å². The van der Waals surface area contributed by atoms with Gasteiger partial charge in [-0.05, 0) is 25.8 Å². The number of rotatable bonds is 6. The van der Waals surface area contributed by atoms with Crippen molar-refractivity contribution in [2.24, 2.45) is 0 Å². The Morgan fingerprint density at radius 3 is 2.38 bits per heavy atom. The van der Waals surface area contributed by atoms with Crippen LogP contribution in [0.1, 0.15) is 45.2 Å². The molecule has 1 atom stereocenters. The molecule has 1 rings (SSSR count). The Hall–Kier alpha value is -1.02. The molecule has 0 aliphatic carbocycles. The summed E-state index contributed by atoms with van der Waals surface area (Å²) in [7, 11) is 1.72. The Bertz CT molecular complexity index is 307. The molecule has 0 aromatic heterocycles. The Morgan fingerprint density at radius 2 is 1.81 bits per heavy atom. The highest BCUT2D eigenvalue weighted by Crippen LogP contribution is 2.25. The van der Waals surface area contributed by atoms with Crippen LogP contribution >= 0.6 is 0 Å². The van der Waals surface area contributed by atoms with Crippen LogP contribution in [0.4, 0.5) is 0 Å². The van der Waals surface area contributed by atoms with Crippen molar-refractivity contribution in [3.8, 4) is 5.75 Å². The average Bonchev–Trinajstić information content (AvgIpc) is 2.35. The van der Waals surface area contributed by atoms with E-state index in [0.29, 0.717) is 12.1 Å². The summed E-state index contributed by atoms with van der Waals surface area (Å²) in [5.74, 6) is 0.966. The Kier molecular flexibility index (Phi) is 5.33. The average molecular weight is 221 g/mol. The number of para-hydroxylation sites is 1. The van der Waals surface area contributed by atoms with Gasteiger partial charge in [-0.25, -0.2) is 0 Å². The lowest BCUT2D eigenvalue weighted by Crippen LogP contribution is -2.30. The fourth-order valence-corrected chi connectivity index (χ4v) is 1.99. The number of methoxy groups -OCH3 is 1. The summed E-state index contributed by atoms with van der Waals surface area (Å²) in [4.78, 5) is 0. The molecule has 0 bridgehead atoms. The largest absolute Gasteiger partial charge is 0.496 e. The molecule has 0 heterocycles. The summed E-state index contributed by atoms with van der Waals surface area (Å²) in [5.41, 5.74) is 1.23. The number of nitrogens with one attached hydrogen (secondary N) is 1. The first-order valence-corrected chi connectivity index (χ1v) is 6.11. The van der Waals surface area contributed by atoms with Gasteiger partial charge in [-0.1, -0.05) is 32.0 Å². The van der Waals surface area contributed by atoms with Crippen LogP contribution in [0.5, 0.6) is 5.75 Å². The first kappa shape index (κ1) is 13.0. The van der Waals surface area contributed by atoms with Crippen molar-refractivity contribution < 1.29 is 4.74 Å². The number of benzene rings is 1. The first-order valence-electron chi connectivity index (χ1n) is 6.11. The third-order valence-corrected chi connectivity index (χ3v) is 3.08. The molecule has 0 aliphatic rings. The van der Waals surface area contributed by atoms with Crippen LogP contribution in [-0.2, 0) is 0 Å². The zero-order chi connectivity index (χ0) is 12.0. The third-order valence-electron chi connectivity index (χ3n) is 3.08. The molecule has 0 amide bonds. The lowest BCUT2D eigenvalue weighted by Gasteiger charge is -2.22. The van der Waals surface area contributed by atoms with E-state index < -0.39 is 0 Å². The second-order valence-electron chi connectivity index (χ2n) is 4.14. The molecule has 90 valence electrons. The lowest BCUT2D eigenvalue weighted by molar-refractivity contribution is 0.387. The quantitative estimate of drug-likeness (QED) is 0.793. The maximum absolute atomic E-state index is 5.38. The fourth-order valence-electron chi connectivity index (χ4n) is 1.99. The summed E-state index contributed by atoms with van der Waals surface area (Å²) in [6.07, 6.45) is 2.33. The van der Waals surface area contributed by atoms with Gasteiger partial charge in [0, 0.05) is 17.6 Å². The molecule has 0 fully saturated rings. The predicted octanol–water partition coefficient (Wildman–Crippen LogP) is 3.53. The molecule has 0 aliphatic heterocycles. The maximum Gasteiger partial charge on any atom is 0.123 e. The second kappa shape index (κ2) is 6.54. The van der Waals surface area contributed by atoms with Crippen molar-refractivity contribution in [1.82, 2.24) is 5.32 Å². The van der Waals surface area contributed by atoms with E-state index >= 15 is 0 Å². The molecule has 16 heavy (non-hydrogen) atoms. The predicted molar refractivity (Wildman–Crippen MR) is 68.9 cm³/mol. The molecule has 1 aromatic carbocycles. The van der Waals surface area contributed by atoms with Crippen molar-refractivity contribution >= 4 is 0 Å². The van der Waals surface area contributed by atoms with E-state index in [1.165, 1.54) is 5.56 Å². The minimum Gasteiger partial charge on any atom is -0.496 e. The SMILES string of the molecule is CCC(CC)NC(C)c1ccccc1OC. The van der Waals surface area contributed by atoms with Gasteiger partial charge in [-0.3, -0.25) is 0 Å². The molecule has 0 saturated carbocycles. The maximum atomic E-state index is 5.38. The molecular weight excluding hydrogens is 198 g/mol. The van der Waals surface area contributed by atoms with E-state index in [2.05, 4.69) is 38.2 Å². The van der Waals surface area contributed by atoms with E-state index in [0.717, 1.165) is 18.6 Å². The molecule has 0 saturated heterocycles. The van der Waals surface area contributed by atoms with Crippen molar-refractivity contribution in [2.45, 2.75) is 45.7 Å². The van der Waals surface area contributed by atoms with Gasteiger partial charge in [0.05, 0.1) is 7.11 Å². The highest BCUT2D eigenvalue weighted by Gasteiger charge is 2.13. The molecule has 0 radical (unpaired) electrons. The number of hydrogen-bond acceptors (Lipinski definition) is 2. The van der Waals surface area contributed by atoms with Crippen LogP contribution in [0.15, 0.2) is 24.3 Å². The van der Waals surface area contributed by atoms with Gasteiger partial charge < -0.3 is 10.1 Å². The second-order valence-corrected chi connectivity index (χ2v) is 4.14. The number of ether oxygens (including phenoxy) is 1. The van der Waals surface area contributed by atoms with E-state index in [1.807, 2.05) is 12.1 Å². The monoisotopic (exact) mass is 221 g/mol. The minimum atomic E-state index is 0.334. The summed E-state index contributed by atoms with van der Waals surface area (Å²) in [6.45, 7) is 6.63. The summed E-state index contributed by atoms with van der Waals surface area (Å²) >= 11 is 0. The smallest absolute Gasteiger partial charge is 0.123 e. The van der Waals surface area contributed by atoms with Crippen LogP contribution in [0, 0.1) is 0 Å². The molecular formula is C14H23NO. The van der Waals surface area contributed by atoms with Crippen molar-refractivity contribution in [3.63, 3.8) is 0 Å². The normalized spacial score (nSPS) is 12.8. The van der Waals surface area contributed by atoms with Crippen LogP contribution in [0.25, 0.3) is 0 Å². The van der Waals surface area contributed by atoms with Crippen LogP contribution in [0.2, 0.25) is 0 Å². The van der Waals surface area contributed by atoms with Gasteiger partial charge in [0.15, 0.2) is 0 Å². The topological polar surface area (TPSA) is 21.3 Å². The fraction of sp³-hybridized carbons (Fsp3) is 0.571. The van der Waals surface area contributed by atoms with Gasteiger partial charge in [-0.2, -0.15) is 0 Å². The molecule has 1 unspecified atom stereocenters. The van der Waals surface area contributed by atoms with E-state index in [1.54, 1.807) is 7.11 Å². The highest BCUT2D eigenvalue weighted by molar-refractivity contribution is 5.35. The summed E-state index contributed by atoms with van der Waals surface area (Å²) in [5, 5.41) is 3.63. The van der Waals surface area contributed by atoms with Gasteiger partial charge >= 0.3 is 0 Å². The third kappa shape index (κ3) is 3.24. The first-order chi connectivity index (χ1) is 7.72. The Labute approximate surface area is 99.0 Å². The lowest BCUT2D eigenvalue weighted by atomic mass is 10.0. The Morgan fingerprint density at radius 1 is 1.19 bits per heavy atom. The van der Waals surface area contributed by atoms with E-state index in [4.69, 9.17) is 4.74 Å². The van der Waals surface area contributed by atoms with E-state index in [-0.39, 0.29) is 0 Å². The molecule has 2 heteroatoms. The zero-order valence-corrected chi connectivity index (χ0v) is 10.8. The van der Waals surface area contributed by atoms with Crippen molar-refractivity contribution in [1.29, 1.82) is 0 Å². The zero-order valence-electron chi connectivity index (χ0n) is 10.8.